The summed E-state index contributed by atoms with van der Waals surface area (Å²) in [5.41, 5.74) is 2.83. The number of aromatic nitrogens is 2. The number of halogens is 1. The Morgan fingerprint density at radius 2 is 2.15 bits per heavy atom. The predicted molar refractivity (Wildman–Crippen MR) is 76.9 cm³/mol. The quantitative estimate of drug-likeness (QED) is 0.944. The molecule has 1 N–H and O–H groups in total. The lowest BCUT2D eigenvalue weighted by Crippen LogP contribution is -2.13. The molecule has 6 heteroatoms. The Morgan fingerprint density at radius 1 is 1.45 bits per heavy atom. The van der Waals surface area contributed by atoms with Crippen molar-refractivity contribution in [3.63, 3.8) is 0 Å². The van der Waals surface area contributed by atoms with Gasteiger partial charge >= 0.3 is 0 Å². The van der Waals surface area contributed by atoms with Crippen LogP contribution in [0.2, 0.25) is 5.02 Å². The Morgan fingerprint density at radius 3 is 2.75 bits per heavy atom. The van der Waals surface area contributed by atoms with Gasteiger partial charge in [0, 0.05) is 0 Å². The third-order valence-electron chi connectivity index (χ3n) is 2.85. The highest BCUT2D eigenvalue weighted by atomic mass is 35.5. The summed E-state index contributed by atoms with van der Waals surface area (Å²) in [6.45, 7) is 3.68. The number of carbonyl (C=O) groups excluding carboxylic acids is 1. The van der Waals surface area contributed by atoms with Gasteiger partial charge in [-0.1, -0.05) is 23.7 Å². The molecule has 20 heavy (non-hydrogen) atoms. The van der Waals surface area contributed by atoms with E-state index in [9.17, 15) is 4.79 Å². The Hall–Kier alpha value is -2.32. The van der Waals surface area contributed by atoms with Gasteiger partial charge in [-0.2, -0.15) is 10.4 Å². The molecule has 0 unspecified atom stereocenters. The fourth-order valence-corrected chi connectivity index (χ4v) is 2.01. The number of hydrogen-bond acceptors (Lipinski definition) is 3. The summed E-state index contributed by atoms with van der Waals surface area (Å²) in [5.74, 6) is -0.354. The van der Waals surface area contributed by atoms with Crippen LogP contribution >= 0.6 is 11.6 Å². The summed E-state index contributed by atoms with van der Waals surface area (Å²) >= 11 is 6.14. The van der Waals surface area contributed by atoms with Crippen molar-refractivity contribution in [2.45, 2.75) is 20.3 Å². The van der Waals surface area contributed by atoms with Crippen LogP contribution in [-0.2, 0) is 4.79 Å². The molecule has 0 saturated carbocycles. The number of para-hydroxylation sites is 2. The fourth-order valence-electron chi connectivity index (χ4n) is 1.89. The molecule has 1 aromatic heterocycles. The first-order chi connectivity index (χ1) is 9.54. The van der Waals surface area contributed by atoms with Gasteiger partial charge in [-0.05, 0) is 26.0 Å². The van der Waals surface area contributed by atoms with Gasteiger partial charge in [0.05, 0.1) is 33.9 Å². The van der Waals surface area contributed by atoms with Crippen LogP contribution < -0.4 is 5.32 Å². The number of rotatable bonds is 3. The van der Waals surface area contributed by atoms with Gasteiger partial charge in [-0.15, -0.1) is 0 Å². The number of carbonyl (C=O) groups is 1. The summed E-state index contributed by atoms with van der Waals surface area (Å²) in [5, 5.41) is 16.2. The molecule has 1 aromatic carbocycles. The average molecular weight is 289 g/mol. The molecule has 0 aliphatic heterocycles. The Balaban J connectivity index is 2.45. The number of hydrogen-bond donors (Lipinski definition) is 1. The average Bonchev–Trinajstić information content (AvgIpc) is 2.67. The second-order valence-electron chi connectivity index (χ2n) is 4.30. The molecule has 0 aliphatic carbocycles. The number of benzene rings is 1. The maximum absolute atomic E-state index is 11.6. The maximum atomic E-state index is 11.6. The van der Waals surface area contributed by atoms with Crippen LogP contribution in [0.3, 0.4) is 0 Å². The first kappa shape index (κ1) is 14.1. The van der Waals surface area contributed by atoms with Crippen molar-refractivity contribution in [1.29, 1.82) is 5.26 Å². The molecule has 1 amide bonds. The van der Waals surface area contributed by atoms with Crippen LogP contribution in [0, 0.1) is 25.2 Å². The van der Waals surface area contributed by atoms with Crippen LogP contribution in [0.5, 0.6) is 0 Å². The molecule has 102 valence electrons. The fraction of sp³-hybridized carbons (Fsp3) is 0.214. The minimum absolute atomic E-state index is 0.188. The van der Waals surface area contributed by atoms with Gasteiger partial charge in [0.1, 0.15) is 6.42 Å². The van der Waals surface area contributed by atoms with Crippen LogP contribution in [0.25, 0.3) is 5.69 Å². The van der Waals surface area contributed by atoms with Crippen molar-refractivity contribution < 1.29 is 4.79 Å². The van der Waals surface area contributed by atoms with Crippen molar-refractivity contribution in [2.24, 2.45) is 0 Å². The van der Waals surface area contributed by atoms with E-state index in [1.165, 1.54) is 0 Å². The van der Waals surface area contributed by atoms with Gasteiger partial charge in [0.15, 0.2) is 0 Å². The first-order valence-corrected chi connectivity index (χ1v) is 6.40. The number of nitrogens with zero attached hydrogens (tertiary/aromatic N) is 3. The molecule has 0 fully saturated rings. The highest BCUT2D eigenvalue weighted by Crippen LogP contribution is 2.26. The van der Waals surface area contributed by atoms with Crippen molar-refractivity contribution in [1.82, 2.24) is 9.78 Å². The number of nitriles is 1. The number of anilines is 1. The van der Waals surface area contributed by atoms with Crippen LogP contribution in [0.4, 0.5) is 5.69 Å². The topological polar surface area (TPSA) is 70.7 Å². The lowest BCUT2D eigenvalue weighted by atomic mass is 10.2. The zero-order chi connectivity index (χ0) is 14.7. The molecule has 0 radical (unpaired) electrons. The molecule has 0 saturated heterocycles. The van der Waals surface area contributed by atoms with Gasteiger partial charge in [0.2, 0.25) is 5.91 Å². The molecular formula is C14H13ClN4O. The molecule has 0 aliphatic rings. The lowest BCUT2D eigenvalue weighted by Gasteiger charge is -2.11. The molecule has 2 rings (SSSR count). The van der Waals surface area contributed by atoms with E-state index in [4.69, 9.17) is 16.9 Å². The monoisotopic (exact) mass is 288 g/mol. The molecule has 5 nitrogen and oxygen atoms in total. The van der Waals surface area contributed by atoms with Crippen molar-refractivity contribution >= 4 is 23.2 Å². The van der Waals surface area contributed by atoms with E-state index in [0.717, 1.165) is 11.4 Å². The zero-order valence-corrected chi connectivity index (χ0v) is 11.9. The SMILES string of the molecule is Cc1nn(-c2ccccc2NC(=O)CC#N)c(C)c1Cl. The summed E-state index contributed by atoms with van der Waals surface area (Å²) < 4.78 is 1.68. The highest BCUT2D eigenvalue weighted by molar-refractivity contribution is 6.31. The first-order valence-electron chi connectivity index (χ1n) is 6.02. The highest BCUT2D eigenvalue weighted by Gasteiger charge is 2.14. The van der Waals surface area contributed by atoms with E-state index < -0.39 is 0 Å². The van der Waals surface area contributed by atoms with Crippen molar-refractivity contribution in [2.75, 3.05) is 5.32 Å². The summed E-state index contributed by atoms with van der Waals surface area (Å²) in [7, 11) is 0. The van der Waals surface area contributed by atoms with E-state index in [-0.39, 0.29) is 12.3 Å². The van der Waals surface area contributed by atoms with Gasteiger partial charge in [0.25, 0.3) is 0 Å². The normalized spacial score (nSPS) is 10.1. The standard InChI is InChI=1S/C14H13ClN4O/c1-9-14(15)10(2)19(18-9)12-6-4-3-5-11(12)17-13(20)7-8-16/h3-6H,7H2,1-2H3,(H,17,20). The molecule has 0 spiro atoms. The Labute approximate surface area is 121 Å². The minimum Gasteiger partial charge on any atom is -0.323 e. The molecule has 0 bridgehead atoms. The number of nitrogens with one attached hydrogen (secondary N) is 1. The summed E-state index contributed by atoms with van der Waals surface area (Å²) in [4.78, 5) is 11.6. The summed E-state index contributed by atoms with van der Waals surface area (Å²) in [6, 6.07) is 9.06. The van der Waals surface area contributed by atoms with E-state index in [0.29, 0.717) is 16.4 Å². The van der Waals surface area contributed by atoms with Gasteiger partial charge < -0.3 is 5.32 Å². The molecule has 2 aromatic rings. The van der Waals surface area contributed by atoms with Gasteiger partial charge in [-0.3, -0.25) is 4.79 Å². The molecular weight excluding hydrogens is 276 g/mol. The van der Waals surface area contributed by atoms with Crippen LogP contribution in [0.15, 0.2) is 24.3 Å². The second-order valence-corrected chi connectivity index (χ2v) is 4.67. The molecule has 0 atom stereocenters. The zero-order valence-electron chi connectivity index (χ0n) is 11.1. The van der Waals surface area contributed by atoms with Crippen molar-refractivity contribution in [3.05, 3.63) is 40.7 Å². The van der Waals surface area contributed by atoms with Crippen LogP contribution in [-0.4, -0.2) is 15.7 Å². The van der Waals surface area contributed by atoms with E-state index in [1.54, 1.807) is 16.8 Å². The van der Waals surface area contributed by atoms with E-state index >= 15 is 0 Å². The van der Waals surface area contributed by atoms with Gasteiger partial charge in [-0.25, -0.2) is 4.68 Å². The Bertz CT molecular complexity index is 700. The second kappa shape index (κ2) is 5.76. The minimum atomic E-state index is -0.354. The predicted octanol–water partition coefficient (Wildman–Crippen LogP) is 2.99. The van der Waals surface area contributed by atoms with Crippen molar-refractivity contribution in [3.8, 4) is 11.8 Å². The number of amides is 1. The largest absolute Gasteiger partial charge is 0.323 e. The smallest absolute Gasteiger partial charge is 0.238 e. The third-order valence-corrected chi connectivity index (χ3v) is 3.40. The van der Waals surface area contributed by atoms with Crippen LogP contribution in [0.1, 0.15) is 17.8 Å². The lowest BCUT2D eigenvalue weighted by molar-refractivity contribution is -0.115. The number of aryl methyl sites for hydroxylation is 1. The Kier molecular flexibility index (Phi) is 4.06. The van der Waals surface area contributed by atoms with E-state index in [1.807, 2.05) is 32.0 Å². The third kappa shape index (κ3) is 2.65. The summed E-state index contributed by atoms with van der Waals surface area (Å²) in [6.07, 6.45) is -0.188. The maximum Gasteiger partial charge on any atom is 0.238 e. The molecule has 1 heterocycles. The van der Waals surface area contributed by atoms with E-state index in [2.05, 4.69) is 10.4 Å².